The van der Waals surface area contributed by atoms with Crippen LogP contribution in [0.1, 0.15) is 12.0 Å². The van der Waals surface area contributed by atoms with Crippen LogP contribution >= 0.6 is 0 Å². The first-order valence-corrected chi connectivity index (χ1v) is 5.43. The summed E-state index contributed by atoms with van der Waals surface area (Å²) in [6.07, 6.45) is -2.74. The predicted octanol–water partition coefficient (Wildman–Crippen LogP) is 1.74. The third-order valence-electron chi connectivity index (χ3n) is 2.85. The summed E-state index contributed by atoms with van der Waals surface area (Å²) < 4.78 is 38.2. The van der Waals surface area contributed by atoms with Crippen LogP contribution in [0.2, 0.25) is 0 Å². The zero-order chi connectivity index (χ0) is 13.3. The highest BCUT2D eigenvalue weighted by Crippen LogP contribution is 2.34. The Morgan fingerprint density at radius 3 is 2.78 bits per heavy atom. The smallest absolute Gasteiger partial charge is 0.358 e. The molecule has 1 unspecified atom stereocenters. The molecule has 1 saturated heterocycles. The average Bonchev–Trinajstić information content (AvgIpc) is 2.60. The van der Waals surface area contributed by atoms with Crippen LogP contribution in [0.3, 0.4) is 0 Å². The van der Waals surface area contributed by atoms with Gasteiger partial charge in [-0.15, -0.1) is 0 Å². The summed E-state index contributed by atoms with van der Waals surface area (Å²) >= 11 is 0. The number of halogens is 3. The Balaban J connectivity index is 2.22. The normalized spacial score (nSPS) is 20.3. The molecule has 0 aliphatic carbocycles. The topological polar surface area (TPSA) is 45.2 Å². The van der Waals surface area contributed by atoms with Gasteiger partial charge in [0.25, 0.3) is 0 Å². The Hall–Kier alpha value is -1.79. The molecule has 1 aliphatic rings. The van der Waals surface area contributed by atoms with E-state index in [4.69, 9.17) is 0 Å². The monoisotopic (exact) mass is 259 g/mol. The van der Waals surface area contributed by atoms with Gasteiger partial charge in [-0.3, -0.25) is 4.79 Å². The largest absolute Gasteiger partial charge is 0.419 e. The van der Waals surface area contributed by atoms with Crippen LogP contribution in [0.15, 0.2) is 18.3 Å². The Morgan fingerprint density at radius 2 is 2.22 bits per heavy atom. The van der Waals surface area contributed by atoms with Crippen molar-refractivity contribution in [3.05, 3.63) is 23.9 Å². The minimum atomic E-state index is -4.48. The molecule has 98 valence electrons. The van der Waals surface area contributed by atoms with Crippen LogP contribution in [-0.2, 0) is 11.0 Å². The molecule has 1 aromatic heterocycles. The van der Waals surface area contributed by atoms with Gasteiger partial charge in [0.05, 0.1) is 5.56 Å². The molecule has 1 aromatic rings. The zero-order valence-electron chi connectivity index (χ0n) is 9.66. The number of hydrogen-bond donors (Lipinski definition) is 1. The van der Waals surface area contributed by atoms with Crippen molar-refractivity contribution in [2.75, 3.05) is 18.9 Å². The van der Waals surface area contributed by atoms with E-state index in [2.05, 4.69) is 10.3 Å². The van der Waals surface area contributed by atoms with Gasteiger partial charge >= 0.3 is 6.18 Å². The van der Waals surface area contributed by atoms with Crippen molar-refractivity contribution in [3.8, 4) is 0 Å². The molecular weight excluding hydrogens is 247 g/mol. The molecule has 18 heavy (non-hydrogen) atoms. The van der Waals surface area contributed by atoms with Crippen LogP contribution in [0, 0.1) is 0 Å². The second-order valence-corrected chi connectivity index (χ2v) is 4.14. The number of alkyl halides is 3. The number of likely N-dealkylation sites (N-methyl/N-ethyl adjacent to an activating group) is 1. The van der Waals surface area contributed by atoms with E-state index in [0.29, 0.717) is 13.0 Å². The first kappa shape index (κ1) is 12.7. The van der Waals surface area contributed by atoms with Crippen molar-refractivity contribution in [2.24, 2.45) is 0 Å². The third kappa shape index (κ3) is 2.39. The highest BCUT2D eigenvalue weighted by Gasteiger charge is 2.36. The minimum Gasteiger partial charge on any atom is -0.358 e. The van der Waals surface area contributed by atoms with E-state index in [1.54, 1.807) is 7.05 Å². The van der Waals surface area contributed by atoms with Crippen molar-refractivity contribution in [2.45, 2.75) is 18.6 Å². The molecule has 0 aromatic carbocycles. The second kappa shape index (κ2) is 4.47. The van der Waals surface area contributed by atoms with E-state index in [9.17, 15) is 18.0 Å². The zero-order valence-corrected chi connectivity index (χ0v) is 9.66. The van der Waals surface area contributed by atoms with Crippen LogP contribution in [0.25, 0.3) is 0 Å². The number of aromatic nitrogens is 1. The van der Waals surface area contributed by atoms with E-state index in [0.717, 1.165) is 6.07 Å². The summed E-state index contributed by atoms with van der Waals surface area (Å²) in [5.74, 6) is -0.507. The molecule has 0 spiro atoms. The molecule has 1 aliphatic heterocycles. The van der Waals surface area contributed by atoms with E-state index in [1.165, 1.54) is 17.2 Å². The van der Waals surface area contributed by atoms with Crippen LogP contribution < -0.4 is 5.32 Å². The lowest BCUT2D eigenvalue weighted by Crippen LogP contribution is -2.32. The van der Waals surface area contributed by atoms with Gasteiger partial charge in [0, 0.05) is 19.8 Å². The Bertz CT molecular complexity index is 461. The molecule has 7 heteroatoms. The number of likely N-dealkylation sites (tertiary alicyclic amines) is 1. The molecule has 2 rings (SSSR count). The maximum atomic E-state index is 12.7. The molecule has 0 radical (unpaired) electrons. The van der Waals surface area contributed by atoms with Crippen molar-refractivity contribution < 1.29 is 18.0 Å². The SMILES string of the molecule is CN1CCC(Nc2ncccc2C(F)(F)F)C1=O. The number of carbonyl (C=O) groups is 1. The molecule has 1 fully saturated rings. The maximum absolute atomic E-state index is 12.7. The summed E-state index contributed by atoms with van der Waals surface area (Å²) in [4.78, 5) is 16.8. The fourth-order valence-corrected chi connectivity index (χ4v) is 1.87. The number of rotatable bonds is 2. The highest BCUT2D eigenvalue weighted by atomic mass is 19.4. The average molecular weight is 259 g/mol. The molecule has 1 atom stereocenters. The number of hydrogen-bond acceptors (Lipinski definition) is 3. The minimum absolute atomic E-state index is 0.214. The first-order chi connectivity index (χ1) is 8.39. The molecule has 1 amide bonds. The Kier molecular flexibility index (Phi) is 3.14. The van der Waals surface area contributed by atoms with E-state index in [-0.39, 0.29) is 11.7 Å². The van der Waals surface area contributed by atoms with Crippen molar-refractivity contribution in [1.29, 1.82) is 0 Å². The fourth-order valence-electron chi connectivity index (χ4n) is 1.87. The summed E-state index contributed by atoms with van der Waals surface area (Å²) in [6, 6.07) is 1.53. The molecule has 2 heterocycles. The maximum Gasteiger partial charge on any atom is 0.419 e. The summed E-state index contributed by atoms with van der Waals surface area (Å²) in [5.41, 5.74) is -0.854. The third-order valence-corrected chi connectivity index (χ3v) is 2.85. The van der Waals surface area contributed by atoms with Gasteiger partial charge in [-0.05, 0) is 18.6 Å². The number of nitrogens with one attached hydrogen (secondary N) is 1. The lowest BCUT2D eigenvalue weighted by molar-refractivity contribution is -0.137. The molecule has 1 N–H and O–H groups in total. The van der Waals surface area contributed by atoms with Crippen LogP contribution in [-0.4, -0.2) is 35.4 Å². The van der Waals surface area contributed by atoms with Gasteiger partial charge < -0.3 is 10.2 Å². The van der Waals surface area contributed by atoms with Gasteiger partial charge in [0.1, 0.15) is 11.9 Å². The van der Waals surface area contributed by atoms with Crippen molar-refractivity contribution in [1.82, 2.24) is 9.88 Å². The number of amides is 1. The lowest BCUT2D eigenvalue weighted by atomic mass is 10.2. The Morgan fingerprint density at radius 1 is 1.50 bits per heavy atom. The lowest BCUT2D eigenvalue weighted by Gasteiger charge is -2.16. The van der Waals surface area contributed by atoms with Crippen molar-refractivity contribution in [3.63, 3.8) is 0 Å². The number of pyridine rings is 1. The number of carbonyl (C=O) groups excluding carboxylic acids is 1. The standard InChI is InChI=1S/C11H12F3N3O/c1-17-6-4-8(10(17)18)16-9-7(11(12,13)14)3-2-5-15-9/h2-3,5,8H,4,6H2,1H3,(H,15,16). The molecule has 0 bridgehead atoms. The predicted molar refractivity (Wildman–Crippen MR) is 58.9 cm³/mol. The van der Waals surface area contributed by atoms with Gasteiger partial charge in [0.15, 0.2) is 0 Å². The fraction of sp³-hybridized carbons (Fsp3) is 0.455. The van der Waals surface area contributed by atoms with E-state index in [1.807, 2.05) is 0 Å². The molecule has 4 nitrogen and oxygen atoms in total. The Labute approximate surface area is 102 Å². The number of anilines is 1. The van der Waals surface area contributed by atoms with Crippen LogP contribution in [0.4, 0.5) is 19.0 Å². The van der Waals surface area contributed by atoms with Gasteiger partial charge in [-0.25, -0.2) is 4.98 Å². The summed E-state index contributed by atoms with van der Waals surface area (Å²) in [5, 5.41) is 2.57. The summed E-state index contributed by atoms with van der Waals surface area (Å²) in [7, 11) is 1.62. The highest BCUT2D eigenvalue weighted by molar-refractivity contribution is 5.86. The van der Waals surface area contributed by atoms with Crippen molar-refractivity contribution >= 4 is 11.7 Å². The summed E-state index contributed by atoms with van der Waals surface area (Å²) in [6.45, 7) is 0.532. The molecular formula is C11H12F3N3O. The van der Waals surface area contributed by atoms with Gasteiger partial charge in [-0.1, -0.05) is 0 Å². The van der Waals surface area contributed by atoms with E-state index >= 15 is 0 Å². The second-order valence-electron chi connectivity index (χ2n) is 4.14. The molecule has 0 saturated carbocycles. The quantitative estimate of drug-likeness (QED) is 0.880. The number of nitrogens with zero attached hydrogens (tertiary/aromatic N) is 2. The first-order valence-electron chi connectivity index (χ1n) is 5.43. The van der Waals surface area contributed by atoms with Crippen LogP contribution in [0.5, 0.6) is 0 Å². The van der Waals surface area contributed by atoms with E-state index < -0.39 is 17.8 Å². The van der Waals surface area contributed by atoms with Gasteiger partial charge in [-0.2, -0.15) is 13.2 Å². The van der Waals surface area contributed by atoms with Gasteiger partial charge in [0.2, 0.25) is 5.91 Å².